The maximum atomic E-state index is 12.2. The SMILES string of the molecule is CCCCNC(=O)c1cc2ccc(OC(=O)/C=C/c3ccc(OC)cc3)cc2oc1=O. The molecule has 0 radical (unpaired) electrons. The second-order valence-corrected chi connectivity index (χ2v) is 6.78. The minimum atomic E-state index is -0.746. The molecule has 7 heteroatoms. The number of fused-ring (bicyclic) bond motifs is 1. The van der Waals surface area contributed by atoms with Gasteiger partial charge in [0.05, 0.1) is 7.11 Å². The van der Waals surface area contributed by atoms with E-state index >= 15 is 0 Å². The number of hydrogen-bond acceptors (Lipinski definition) is 6. The molecule has 0 saturated carbocycles. The van der Waals surface area contributed by atoms with Crippen molar-refractivity contribution in [3.63, 3.8) is 0 Å². The summed E-state index contributed by atoms with van der Waals surface area (Å²) < 4.78 is 15.6. The molecule has 1 N–H and O–H groups in total. The number of carbonyl (C=O) groups is 2. The smallest absolute Gasteiger partial charge is 0.349 e. The van der Waals surface area contributed by atoms with Crippen LogP contribution in [0.25, 0.3) is 17.0 Å². The van der Waals surface area contributed by atoms with Crippen molar-refractivity contribution in [3.05, 3.63) is 76.2 Å². The Bertz CT molecular complexity index is 1160. The number of rotatable bonds is 8. The molecule has 0 spiro atoms. The van der Waals surface area contributed by atoms with Crippen LogP contribution in [0.1, 0.15) is 35.7 Å². The Morgan fingerprint density at radius 1 is 1.06 bits per heavy atom. The first-order valence-electron chi connectivity index (χ1n) is 9.90. The fraction of sp³-hybridized carbons (Fsp3) is 0.208. The molecule has 0 unspecified atom stereocenters. The molecule has 0 aliphatic carbocycles. The van der Waals surface area contributed by atoms with Gasteiger partial charge in [0.15, 0.2) is 0 Å². The van der Waals surface area contributed by atoms with E-state index in [1.165, 1.54) is 18.2 Å². The lowest BCUT2D eigenvalue weighted by molar-refractivity contribution is -0.128. The largest absolute Gasteiger partial charge is 0.497 e. The van der Waals surface area contributed by atoms with Gasteiger partial charge < -0.3 is 19.2 Å². The van der Waals surface area contributed by atoms with Gasteiger partial charge in [-0.15, -0.1) is 0 Å². The Morgan fingerprint density at radius 2 is 1.81 bits per heavy atom. The topological polar surface area (TPSA) is 94.8 Å². The summed E-state index contributed by atoms with van der Waals surface area (Å²) in [4.78, 5) is 36.5. The van der Waals surface area contributed by atoms with Crippen LogP contribution in [-0.2, 0) is 4.79 Å². The highest BCUT2D eigenvalue weighted by atomic mass is 16.5. The fourth-order valence-electron chi connectivity index (χ4n) is 2.82. The zero-order valence-electron chi connectivity index (χ0n) is 17.3. The molecular weight excluding hydrogens is 398 g/mol. The third-order valence-corrected chi connectivity index (χ3v) is 4.51. The lowest BCUT2D eigenvalue weighted by Gasteiger charge is -2.06. The molecule has 0 aliphatic rings. The van der Waals surface area contributed by atoms with Crippen molar-refractivity contribution in [3.8, 4) is 11.5 Å². The quantitative estimate of drug-likeness (QED) is 0.195. The van der Waals surface area contributed by atoms with Crippen LogP contribution in [0.3, 0.4) is 0 Å². The van der Waals surface area contributed by atoms with Crippen molar-refractivity contribution >= 4 is 28.9 Å². The van der Waals surface area contributed by atoms with Crippen LogP contribution >= 0.6 is 0 Å². The van der Waals surface area contributed by atoms with Gasteiger partial charge in [-0.3, -0.25) is 4.79 Å². The zero-order valence-corrected chi connectivity index (χ0v) is 17.3. The summed E-state index contributed by atoms with van der Waals surface area (Å²) in [6.07, 6.45) is 4.67. The van der Waals surface area contributed by atoms with Gasteiger partial charge in [-0.2, -0.15) is 0 Å². The van der Waals surface area contributed by atoms with E-state index in [-0.39, 0.29) is 16.9 Å². The van der Waals surface area contributed by atoms with E-state index in [9.17, 15) is 14.4 Å². The van der Waals surface area contributed by atoms with Gasteiger partial charge in [0.1, 0.15) is 22.6 Å². The summed E-state index contributed by atoms with van der Waals surface area (Å²) in [5.41, 5.74) is 0.228. The number of ether oxygens (including phenoxy) is 2. The van der Waals surface area contributed by atoms with E-state index < -0.39 is 17.5 Å². The molecule has 0 bridgehead atoms. The number of benzene rings is 2. The first-order valence-corrected chi connectivity index (χ1v) is 9.90. The van der Waals surface area contributed by atoms with Gasteiger partial charge in [0.2, 0.25) is 0 Å². The van der Waals surface area contributed by atoms with Gasteiger partial charge in [0, 0.05) is 24.1 Å². The van der Waals surface area contributed by atoms with Crippen LogP contribution in [-0.4, -0.2) is 25.5 Å². The molecule has 0 aliphatic heterocycles. The van der Waals surface area contributed by atoms with Crippen molar-refractivity contribution in [1.29, 1.82) is 0 Å². The van der Waals surface area contributed by atoms with Gasteiger partial charge in [-0.25, -0.2) is 9.59 Å². The molecule has 0 saturated heterocycles. The summed E-state index contributed by atoms with van der Waals surface area (Å²) in [6.45, 7) is 2.50. The second-order valence-electron chi connectivity index (χ2n) is 6.78. The molecule has 3 aromatic rings. The van der Waals surface area contributed by atoms with E-state index in [0.29, 0.717) is 11.9 Å². The van der Waals surface area contributed by atoms with Crippen molar-refractivity contribution in [1.82, 2.24) is 5.32 Å². The highest BCUT2D eigenvalue weighted by Crippen LogP contribution is 2.21. The van der Waals surface area contributed by atoms with Crippen molar-refractivity contribution in [2.24, 2.45) is 0 Å². The zero-order chi connectivity index (χ0) is 22.2. The van der Waals surface area contributed by atoms with Crippen LogP contribution in [0.2, 0.25) is 0 Å². The van der Waals surface area contributed by atoms with E-state index in [1.54, 1.807) is 37.5 Å². The Balaban J connectivity index is 1.70. The van der Waals surface area contributed by atoms with E-state index in [4.69, 9.17) is 13.9 Å². The molecule has 7 nitrogen and oxygen atoms in total. The number of methoxy groups -OCH3 is 1. The van der Waals surface area contributed by atoms with Gasteiger partial charge in [0.25, 0.3) is 5.91 Å². The monoisotopic (exact) mass is 421 g/mol. The molecule has 0 fully saturated rings. The van der Waals surface area contributed by atoms with Gasteiger partial charge >= 0.3 is 11.6 Å². The molecule has 160 valence electrons. The van der Waals surface area contributed by atoms with Crippen LogP contribution < -0.4 is 20.4 Å². The predicted octanol–water partition coefficient (Wildman–Crippen LogP) is 3.95. The van der Waals surface area contributed by atoms with E-state index in [0.717, 1.165) is 24.2 Å². The highest BCUT2D eigenvalue weighted by molar-refractivity contribution is 5.97. The highest BCUT2D eigenvalue weighted by Gasteiger charge is 2.14. The van der Waals surface area contributed by atoms with Crippen LogP contribution in [0.5, 0.6) is 11.5 Å². The number of amides is 1. The normalized spacial score (nSPS) is 10.9. The molecule has 0 atom stereocenters. The minimum Gasteiger partial charge on any atom is -0.497 e. The third-order valence-electron chi connectivity index (χ3n) is 4.51. The average Bonchev–Trinajstić information content (AvgIpc) is 2.77. The Morgan fingerprint density at radius 3 is 2.52 bits per heavy atom. The first-order chi connectivity index (χ1) is 15.0. The average molecular weight is 421 g/mol. The standard InChI is InChI=1S/C24H23NO6/c1-3-4-13-25-23(27)20-14-17-8-11-19(15-21(17)31-24(20)28)30-22(26)12-7-16-5-9-18(29-2)10-6-16/h5-12,14-15H,3-4,13H2,1-2H3,(H,25,27)/b12-7+. The summed E-state index contributed by atoms with van der Waals surface area (Å²) in [5.74, 6) is -0.105. The van der Waals surface area contributed by atoms with Gasteiger partial charge in [-0.05, 0) is 48.4 Å². The Labute approximate surface area is 179 Å². The predicted molar refractivity (Wildman–Crippen MR) is 117 cm³/mol. The molecule has 1 amide bonds. The summed E-state index contributed by atoms with van der Waals surface area (Å²) in [5, 5.41) is 3.24. The summed E-state index contributed by atoms with van der Waals surface area (Å²) in [7, 11) is 1.58. The Hall–Kier alpha value is -3.87. The molecule has 1 heterocycles. The third kappa shape index (κ3) is 5.82. The van der Waals surface area contributed by atoms with Crippen LogP contribution in [0, 0.1) is 0 Å². The molecular formula is C24H23NO6. The lowest BCUT2D eigenvalue weighted by Crippen LogP contribution is -2.28. The number of carbonyl (C=O) groups excluding carboxylic acids is 2. The van der Waals surface area contributed by atoms with E-state index in [1.807, 2.05) is 19.1 Å². The van der Waals surface area contributed by atoms with Crippen LogP contribution in [0.15, 0.2) is 63.8 Å². The second kappa shape index (κ2) is 10.2. The number of esters is 1. The molecule has 31 heavy (non-hydrogen) atoms. The minimum absolute atomic E-state index is 0.0595. The fourth-order valence-corrected chi connectivity index (χ4v) is 2.82. The first kappa shape index (κ1) is 21.8. The molecule has 2 aromatic carbocycles. The lowest BCUT2D eigenvalue weighted by atomic mass is 10.1. The number of unbranched alkanes of at least 4 members (excludes halogenated alkanes) is 1. The maximum Gasteiger partial charge on any atom is 0.349 e. The molecule has 1 aromatic heterocycles. The number of nitrogens with one attached hydrogen (secondary N) is 1. The summed E-state index contributed by atoms with van der Waals surface area (Å²) in [6, 6.07) is 13.3. The molecule has 3 rings (SSSR count). The summed E-state index contributed by atoms with van der Waals surface area (Å²) >= 11 is 0. The number of hydrogen-bond donors (Lipinski definition) is 1. The maximum absolute atomic E-state index is 12.2. The van der Waals surface area contributed by atoms with Crippen molar-refractivity contribution < 1.29 is 23.5 Å². The Kier molecular flexibility index (Phi) is 7.22. The van der Waals surface area contributed by atoms with Crippen molar-refractivity contribution in [2.45, 2.75) is 19.8 Å². The van der Waals surface area contributed by atoms with E-state index in [2.05, 4.69) is 5.32 Å². The van der Waals surface area contributed by atoms with Crippen molar-refractivity contribution in [2.75, 3.05) is 13.7 Å². The van der Waals surface area contributed by atoms with Gasteiger partial charge in [-0.1, -0.05) is 25.5 Å². The van der Waals surface area contributed by atoms with Crippen LogP contribution in [0.4, 0.5) is 0 Å².